The molecule has 1 saturated heterocycles. The average Bonchev–Trinajstić information content (AvgIpc) is 2.75. The Hall–Kier alpha value is -0.570. The van der Waals surface area contributed by atoms with Crippen LogP contribution in [0.4, 0.5) is 0 Å². The Bertz CT molecular complexity index is 408. The predicted molar refractivity (Wildman–Crippen MR) is 72.1 cm³/mol. The molecule has 0 N–H and O–H groups in total. The van der Waals surface area contributed by atoms with Crippen molar-refractivity contribution in [3.8, 4) is 0 Å². The van der Waals surface area contributed by atoms with Crippen molar-refractivity contribution in [1.29, 1.82) is 0 Å². The van der Waals surface area contributed by atoms with Crippen LogP contribution in [0, 0.1) is 22.2 Å². The maximum Gasteiger partial charge on any atom is 0.252 e. The standard InChI is InChI=1S/C16H25NO2/c1-14-6-12-7-15(2,9-14)11-16(8-12,10-14)13(18)17-4-3-5-19-17/h12H,3-11H2,1-2H3. The first-order chi connectivity index (χ1) is 8.92. The van der Waals surface area contributed by atoms with Crippen LogP contribution in [0.25, 0.3) is 0 Å². The van der Waals surface area contributed by atoms with Gasteiger partial charge in [0.15, 0.2) is 0 Å². The van der Waals surface area contributed by atoms with Gasteiger partial charge in [0, 0.05) is 0 Å². The number of rotatable bonds is 1. The van der Waals surface area contributed by atoms with Crippen molar-refractivity contribution in [2.24, 2.45) is 22.2 Å². The number of hydroxylamine groups is 2. The first-order valence-corrected chi connectivity index (χ1v) is 7.87. The second kappa shape index (κ2) is 3.55. The fourth-order valence-corrected chi connectivity index (χ4v) is 6.56. The minimum atomic E-state index is -0.0900. The monoisotopic (exact) mass is 263 g/mol. The zero-order chi connectivity index (χ0) is 13.3. The van der Waals surface area contributed by atoms with Crippen molar-refractivity contribution in [2.75, 3.05) is 13.2 Å². The fraction of sp³-hybridized carbons (Fsp3) is 0.938. The summed E-state index contributed by atoms with van der Waals surface area (Å²) in [6.45, 7) is 6.36. The molecule has 0 aromatic rings. The van der Waals surface area contributed by atoms with Crippen LogP contribution in [-0.2, 0) is 9.63 Å². The number of hydrogen-bond donors (Lipinski definition) is 0. The zero-order valence-electron chi connectivity index (χ0n) is 12.2. The molecule has 5 rings (SSSR count). The summed E-state index contributed by atoms with van der Waals surface area (Å²) in [7, 11) is 0. The molecule has 3 heteroatoms. The summed E-state index contributed by atoms with van der Waals surface area (Å²) in [6, 6.07) is 0. The molecule has 0 radical (unpaired) electrons. The minimum absolute atomic E-state index is 0.0900. The molecule has 19 heavy (non-hydrogen) atoms. The Kier molecular flexibility index (Phi) is 2.27. The molecule has 5 fully saturated rings. The highest BCUT2D eigenvalue weighted by molar-refractivity contribution is 5.82. The molecule has 4 aliphatic carbocycles. The van der Waals surface area contributed by atoms with Crippen LogP contribution in [-0.4, -0.2) is 24.1 Å². The third-order valence-corrected chi connectivity index (χ3v) is 6.06. The van der Waals surface area contributed by atoms with E-state index in [0.717, 1.165) is 44.8 Å². The van der Waals surface area contributed by atoms with Crippen molar-refractivity contribution in [3.05, 3.63) is 0 Å². The van der Waals surface area contributed by atoms with Crippen molar-refractivity contribution < 1.29 is 9.63 Å². The maximum absolute atomic E-state index is 13.0. The van der Waals surface area contributed by atoms with E-state index in [4.69, 9.17) is 4.84 Å². The van der Waals surface area contributed by atoms with E-state index in [2.05, 4.69) is 13.8 Å². The van der Waals surface area contributed by atoms with E-state index < -0.39 is 0 Å². The van der Waals surface area contributed by atoms with Crippen LogP contribution < -0.4 is 0 Å². The van der Waals surface area contributed by atoms with E-state index in [0.29, 0.717) is 16.7 Å². The SMILES string of the molecule is CC12CC3CC(C)(C1)CC(C(=O)N1CCCO1)(C3)C2. The molecule has 0 aromatic heterocycles. The van der Waals surface area contributed by atoms with Crippen LogP contribution in [0.5, 0.6) is 0 Å². The van der Waals surface area contributed by atoms with Crippen molar-refractivity contribution in [3.63, 3.8) is 0 Å². The van der Waals surface area contributed by atoms with E-state index in [-0.39, 0.29) is 5.41 Å². The van der Waals surface area contributed by atoms with Gasteiger partial charge in [-0.25, -0.2) is 5.06 Å². The van der Waals surface area contributed by atoms with Crippen molar-refractivity contribution in [1.82, 2.24) is 5.06 Å². The molecule has 2 unspecified atom stereocenters. The second-order valence-electron chi connectivity index (χ2n) is 8.50. The van der Waals surface area contributed by atoms with E-state index in [1.807, 2.05) is 0 Å². The number of carbonyl (C=O) groups is 1. The summed E-state index contributed by atoms with van der Waals surface area (Å²) in [5.41, 5.74) is 0.723. The average molecular weight is 263 g/mol. The molecule has 3 nitrogen and oxygen atoms in total. The van der Waals surface area contributed by atoms with Gasteiger partial charge in [-0.3, -0.25) is 9.63 Å². The lowest BCUT2D eigenvalue weighted by Gasteiger charge is -2.64. The highest BCUT2D eigenvalue weighted by atomic mass is 16.7. The number of amides is 1. The smallest absolute Gasteiger partial charge is 0.252 e. The molecule has 1 heterocycles. The summed E-state index contributed by atoms with van der Waals surface area (Å²) in [5.74, 6) is 1.09. The topological polar surface area (TPSA) is 29.5 Å². The number of hydrogen-bond acceptors (Lipinski definition) is 2. The van der Waals surface area contributed by atoms with E-state index in [1.165, 1.54) is 19.3 Å². The summed E-state index contributed by atoms with van der Waals surface area (Å²) in [5, 5.41) is 1.69. The molecular formula is C16H25NO2. The Balaban J connectivity index is 1.68. The molecule has 106 valence electrons. The molecule has 4 bridgehead atoms. The summed E-state index contributed by atoms with van der Waals surface area (Å²) in [6.07, 6.45) is 8.34. The van der Waals surface area contributed by atoms with E-state index in [1.54, 1.807) is 5.06 Å². The first kappa shape index (κ1) is 12.2. The van der Waals surface area contributed by atoms with Crippen LogP contribution >= 0.6 is 0 Å². The normalized spacial score (nSPS) is 51.9. The van der Waals surface area contributed by atoms with E-state index >= 15 is 0 Å². The second-order valence-corrected chi connectivity index (χ2v) is 8.50. The Morgan fingerprint density at radius 3 is 2.32 bits per heavy atom. The highest BCUT2D eigenvalue weighted by Crippen LogP contribution is 2.69. The highest BCUT2D eigenvalue weighted by Gasteiger charge is 2.63. The van der Waals surface area contributed by atoms with Crippen LogP contribution in [0.15, 0.2) is 0 Å². The molecule has 0 aromatic carbocycles. The number of nitrogens with zero attached hydrogens (tertiary/aromatic N) is 1. The molecule has 1 amide bonds. The third kappa shape index (κ3) is 1.70. The fourth-order valence-electron chi connectivity index (χ4n) is 6.56. The summed E-state index contributed by atoms with van der Waals surface area (Å²) < 4.78 is 0. The summed E-state index contributed by atoms with van der Waals surface area (Å²) in [4.78, 5) is 18.5. The van der Waals surface area contributed by atoms with Gasteiger partial charge in [-0.2, -0.15) is 0 Å². The quantitative estimate of drug-likeness (QED) is 0.727. The molecular weight excluding hydrogens is 238 g/mol. The van der Waals surface area contributed by atoms with Gasteiger partial charge < -0.3 is 0 Å². The van der Waals surface area contributed by atoms with Gasteiger partial charge in [0.05, 0.1) is 18.6 Å². The lowest BCUT2D eigenvalue weighted by atomic mass is 9.40. The van der Waals surface area contributed by atoms with Gasteiger partial charge in [-0.1, -0.05) is 13.8 Å². The Morgan fingerprint density at radius 1 is 1.11 bits per heavy atom. The van der Waals surface area contributed by atoms with Crippen molar-refractivity contribution >= 4 is 5.91 Å². The van der Waals surface area contributed by atoms with Gasteiger partial charge in [0.25, 0.3) is 5.91 Å². The predicted octanol–water partition coefficient (Wildman–Crippen LogP) is 3.15. The van der Waals surface area contributed by atoms with E-state index in [9.17, 15) is 4.79 Å². The number of carbonyl (C=O) groups excluding carboxylic acids is 1. The van der Waals surface area contributed by atoms with Crippen LogP contribution in [0.3, 0.4) is 0 Å². The third-order valence-electron chi connectivity index (χ3n) is 6.06. The lowest BCUT2D eigenvalue weighted by Crippen LogP contribution is -2.60. The molecule has 4 saturated carbocycles. The van der Waals surface area contributed by atoms with Crippen LogP contribution in [0.1, 0.15) is 58.8 Å². The largest absolute Gasteiger partial charge is 0.272 e. The van der Waals surface area contributed by atoms with Gasteiger partial charge in [0.2, 0.25) is 0 Å². The van der Waals surface area contributed by atoms with Gasteiger partial charge >= 0.3 is 0 Å². The Morgan fingerprint density at radius 2 is 1.79 bits per heavy atom. The lowest BCUT2D eigenvalue weighted by molar-refractivity contribution is -0.207. The maximum atomic E-state index is 13.0. The first-order valence-electron chi connectivity index (χ1n) is 7.87. The molecule has 1 aliphatic heterocycles. The van der Waals surface area contributed by atoms with Crippen molar-refractivity contribution in [2.45, 2.75) is 58.8 Å². The molecule has 0 spiro atoms. The molecule has 2 atom stereocenters. The summed E-state index contributed by atoms with van der Waals surface area (Å²) >= 11 is 0. The van der Waals surface area contributed by atoms with Crippen LogP contribution in [0.2, 0.25) is 0 Å². The van der Waals surface area contributed by atoms with Gasteiger partial charge in [-0.15, -0.1) is 0 Å². The van der Waals surface area contributed by atoms with Gasteiger partial charge in [0.1, 0.15) is 0 Å². The minimum Gasteiger partial charge on any atom is -0.272 e. The molecule has 5 aliphatic rings. The Labute approximate surface area is 115 Å². The van der Waals surface area contributed by atoms with Gasteiger partial charge in [-0.05, 0) is 61.7 Å². The zero-order valence-corrected chi connectivity index (χ0v) is 12.2.